The van der Waals surface area contributed by atoms with E-state index < -0.39 is 0 Å². The molecule has 24 heavy (non-hydrogen) atoms. The third-order valence-electron chi connectivity index (χ3n) is 4.28. The summed E-state index contributed by atoms with van der Waals surface area (Å²) in [5.74, 6) is -0.513. The Balaban J connectivity index is 2.06. The summed E-state index contributed by atoms with van der Waals surface area (Å²) in [4.78, 5) is 12.8. The highest BCUT2D eigenvalue weighted by molar-refractivity contribution is 5.82. The number of hydrogen-bond acceptors (Lipinski definition) is 2. The van der Waals surface area contributed by atoms with E-state index in [0.717, 1.165) is 24.0 Å². The zero-order valence-corrected chi connectivity index (χ0v) is 14.8. The fraction of sp³-hybridized carbons (Fsp3) is 0.409. The smallest absolute Gasteiger partial charge is 0.318 e. The Bertz CT molecular complexity index is 552. The van der Waals surface area contributed by atoms with Crippen molar-refractivity contribution in [3.8, 4) is 0 Å². The van der Waals surface area contributed by atoms with Gasteiger partial charge in [0.05, 0.1) is 6.10 Å². The van der Waals surface area contributed by atoms with Gasteiger partial charge in [-0.1, -0.05) is 86.8 Å². The van der Waals surface area contributed by atoms with Gasteiger partial charge in [0, 0.05) is 0 Å². The monoisotopic (exact) mass is 324 g/mol. The highest BCUT2D eigenvalue weighted by Crippen LogP contribution is 2.26. The summed E-state index contributed by atoms with van der Waals surface area (Å²) in [7, 11) is 0. The quantitative estimate of drug-likeness (QED) is 0.435. The first kappa shape index (κ1) is 18.3. The molecular weight excluding hydrogens is 296 g/mol. The molecule has 0 aliphatic rings. The first-order valence-corrected chi connectivity index (χ1v) is 9.02. The van der Waals surface area contributed by atoms with Crippen molar-refractivity contribution in [2.24, 2.45) is 0 Å². The van der Waals surface area contributed by atoms with Gasteiger partial charge in [-0.3, -0.25) is 4.79 Å². The molecule has 2 nitrogen and oxygen atoms in total. The van der Waals surface area contributed by atoms with Gasteiger partial charge in [-0.15, -0.1) is 0 Å². The molecule has 0 aliphatic heterocycles. The van der Waals surface area contributed by atoms with E-state index in [1.165, 1.54) is 19.3 Å². The Morgan fingerprint density at radius 3 is 1.92 bits per heavy atom. The van der Waals surface area contributed by atoms with E-state index in [0.29, 0.717) is 0 Å². The Hall–Kier alpha value is -2.09. The van der Waals surface area contributed by atoms with Crippen LogP contribution in [0, 0.1) is 0 Å². The van der Waals surface area contributed by atoms with Crippen LogP contribution in [0.3, 0.4) is 0 Å². The van der Waals surface area contributed by atoms with Crippen molar-refractivity contribution >= 4 is 5.97 Å². The van der Waals surface area contributed by atoms with Crippen LogP contribution in [0.5, 0.6) is 0 Å². The summed E-state index contributed by atoms with van der Waals surface area (Å²) in [6.45, 7) is 4.20. The zero-order valence-electron chi connectivity index (χ0n) is 14.8. The largest absolute Gasteiger partial charge is 0.462 e. The van der Waals surface area contributed by atoms with E-state index >= 15 is 0 Å². The number of ether oxygens (including phenoxy) is 1. The standard InChI is InChI=1S/C22H28O2/c1-3-4-5-8-13-18(2)24-22(23)21(19-14-9-6-10-15-19)20-16-11-7-12-17-20/h6-7,9-12,14-18,21H,3-5,8,13H2,1-2H3/t18-/m0/s1. The first-order chi connectivity index (χ1) is 11.7. The molecule has 0 spiro atoms. The van der Waals surface area contributed by atoms with E-state index in [4.69, 9.17) is 4.74 Å². The first-order valence-electron chi connectivity index (χ1n) is 9.02. The Morgan fingerprint density at radius 2 is 1.42 bits per heavy atom. The second kappa shape index (κ2) is 9.92. The van der Waals surface area contributed by atoms with Gasteiger partial charge < -0.3 is 4.74 Å². The molecular formula is C22H28O2. The molecule has 0 bridgehead atoms. The van der Waals surface area contributed by atoms with E-state index in [1.807, 2.05) is 67.6 Å². The lowest BCUT2D eigenvalue weighted by Gasteiger charge is -2.20. The van der Waals surface area contributed by atoms with Crippen LogP contribution in [0.25, 0.3) is 0 Å². The average molecular weight is 324 g/mol. The highest BCUT2D eigenvalue weighted by atomic mass is 16.5. The van der Waals surface area contributed by atoms with Crippen molar-refractivity contribution in [3.63, 3.8) is 0 Å². The van der Waals surface area contributed by atoms with Gasteiger partial charge in [-0.25, -0.2) is 0 Å². The molecule has 0 saturated heterocycles. The van der Waals surface area contributed by atoms with Crippen LogP contribution in [0.1, 0.15) is 63.0 Å². The molecule has 0 fully saturated rings. The molecule has 2 aromatic carbocycles. The number of carbonyl (C=O) groups is 1. The molecule has 2 heteroatoms. The fourth-order valence-corrected chi connectivity index (χ4v) is 2.94. The minimum absolute atomic E-state index is 0.0377. The number of unbranched alkanes of at least 4 members (excludes halogenated alkanes) is 3. The van der Waals surface area contributed by atoms with Crippen LogP contribution in [-0.2, 0) is 9.53 Å². The summed E-state index contributed by atoms with van der Waals surface area (Å²) in [6, 6.07) is 19.8. The molecule has 0 saturated carbocycles. The third-order valence-corrected chi connectivity index (χ3v) is 4.28. The van der Waals surface area contributed by atoms with Crippen molar-refractivity contribution in [3.05, 3.63) is 71.8 Å². The molecule has 0 heterocycles. The van der Waals surface area contributed by atoms with Crippen LogP contribution in [-0.4, -0.2) is 12.1 Å². The molecule has 0 aromatic heterocycles. The number of esters is 1. The molecule has 0 unspecified atom stereocenters. The molecule has 128 valence electrons. The summed E-state index contributed by atoms with van der Waals surface area (Å²) in [5, 5.41) is 0. The van der Waals surface area contributed by atoms with Gasteiger partial charge >= 0.3 is 5.97 Å². The highest BCUT2D eigenvalue weighted by Gasteiger charge is 2.25. The van der Waals surface area contributed by atoms with Crippen LogP contribution in [0.4, 0.5) is 0 Å². The minimum Gasteiger partial charge on any atom is -0.462 e. The van der Waals surface area contributed by atoms with E-state index in [1.54, 1.807) is 0 Å². The Morgan fingerprint density at radius 1 is 0.875 bits per heavy atom. The van der Waals surface area contributed by atoms with Gasteiger partial charge in [-0.05, 0) is 30.9 Å². The van der Waals surface area contributed by atoms with Crippen LogP contribution < -0.4 is 0 Å². The van der Waals surface area contributed by atoms with E-state index in [9.17, 15) is 4.79 Å². The summed E-state index contributed by atoms with van der Waals surface area (Å²) >= 11 is 0. The molecule has 0 N–H and O–H groups in total. The maximum Gasteiger partial charge on any atom is 0.318 e. The summed E-state index contributed by atoms with van der Waals surface area (Å²) in [6.07, 6.45) is 5.68. The van der Waals surface area contributed by atoms with Gasteiger partial charge in [0.1, 0.15) is 5.92 Å². The van der Waals surface area contributed by atoms with Gasteiger partial charge in [0.2, 0.25) is 0 Å². The minimum atomic E-state index is -0.356. The molecule has 1 atom stereocenters. The van der Waals surface area contributed by atoms with E-state index in [2.05, 4.69) is 6.92 Å². The maximum atomic E-state index is 12.8. The molecule has 2 rings (SSSR count). The van der Waals surface area contributed by atoms with Crippen molar-refractivity contribution in [1.29, 1.82) is 0 Å². The van der Waals surface area contributed by atoms with Gasteiger partial charge in [0.25, 0.3) is 0 Å². The molecule has 0 amide bonds. The maximum absolute atomic E-state index is 12.8. The lowest BCUT2D eigenvalue weighted by molar-refractivity contribution is -0.149. The lowest BCUT2D eigenvalue weighted by Crippen LogP contribution is -2.22. The van der Waals surface area contributed by atoms with Gasteiger partial charge in [0.15, 0.2) is 0 Å². The SMILES string of the molecule is CCCCCC[C@H](C)OC(=O)C(c1ccccc1)c1ccccc1. The van der Waals surface area contributed by atoms with Crippen LogP contribution >= 0.6 is 0 Å². The lowest BCUT2D eigenvalue weighted by atomic mass is 9.91. The Labute approximate surface area is 145 Å². The van der Waals surface area contributed by atoms with Crippen LogP contribution in [0.15, 0.2) is 60.7 Å². The third kappa shape index (κ3) is 5.52. The van der Waals surface area contributed by atoms with Crippen molar-refractivity contribution in [2.45, 2.75) is 58.0 Å². The molecule has 0 aliphatic carbocycles. The second-order valence-corrected chi connectivity index (χ2v) is 6.35. The van der Waals surface area contributed by atoms with Crippen molar-refractivity contribution in [2.75, 3.05) is 0 Å². The Kier molecular flexibility index (Phi) is 7.54. The van der Waals surface area contributed by atoms with Crippen molar-refractivity contribution < 1.29 is 9.53 Å². The number of rotatable bonds is 9. The number of benzene rings is 2. The molecule has 0 radical (unpaired) electrons. The van der Waals surface area contributed by atoms with Crippen LogP contribution in [0.2, 0.25) is 0 Å². The normalized spacial score (nSPS) is 12.1. The molecule has 2 aromatic rings. The topological polar surface area (TPSA) is 26.3 Å². The average Bonchev–Trinajstić information content (AvgIpc) is 2.61. The van der Waals surface area contributed by atoms with Gasteiger partial charge in [-0.2, -0.15) is 0 Å². The summed E-state index contributed by atoms with van der Waals surface area (Å²) in [5.41, 5.74) is 1.96. The second-order valence-electron chi connectivity index (χ2n) is 6.35. The van der Waals surface area contributed by atoms with E-state index in [-0.39, 0.29) is 18.0 Å². The predicted octanol–water partition coefficient (Wildman–Crippen LogP) is 5.72. The van der Waals surface area contributed by atoms with Crippen molar-refractivity contribution in [1.82, 2.24) is 0 Å². The number of carbonyl (C=O) groups excluding carboxylic acids is 1. The fourth-order valence-electron chi connectivity index (χ4n) is 2.94. The number of hydrogen-bond donors (Lipinski definition) is 0. The predicted molar refractivity (Wildman–Crippen MR) is 99.0 cm³/mol. The summed E-state index contributed by atoms with van der Waals surface area (Å²) < 4.78 is 5.76. The zero-order chi connectivity index (χ0) is 17.2.